The van der Waals surface area contributed by atoms with Gasteiger partial charge in [0.2, 0.25) is 0 Å². The van der Waals surface area contributed by atoms with Crippen LogP contribution in [0.15, 0.2) is 0 Å². The second kappa shape index (κ2) is 4.66. The summed E-state index contributed by atoms with van der Waals surface area (Å²) in [5.41, 5.74) is 0. The van der Waals surface area contributed by atoms with Crippen LogP contribution in [0.4, 0.5) is 0 Å². The number of hydrogen-bond donors (Lipinski definition) is 1. The zero-order chi connectivity index (χ0) is 11.0. The molecule has 0 aromatic carbocycles. The quantitative estimate of drug-likeness (QED) is 0.716. The van der Waals surface area contributed by atoms with Gasteiger partial charge in [0.1, 0.15) is 0 Å². The number of rotatable bonds is 7. The van der Waals surface area contributed by atoms with Gasteiger partial charge in [-0.3, -0.25) is 0 Å². The Hall–Kier alpha value is -0.0800. The van der Waals surface area contributed by atoms with Crippen LogP contribution in [0.25, 0.3) is 0 Å². The van der Waals surface area contributed by atoms with Crippen molar-refractivity contribution < 1.29 is 4.74 Å². The van der Waals surface area contributed by atoms with Gasteiger partial charge in [0.15, 0.2) is 0 Å². The maximum absolute atomic E-state index is 5.59. The molecule has 0 saturated heterocycles. The molecule has 3 aliphatic rings. The lowest BCUT2D eigenvalue weighted by Gasteiger charge is -2.36. The van der Waals surface area contributed by atoms with E-state index in [2.05, 4.69) is 12.2 Å². The molecule has 2 heteroatoms. The highest BCUT2D eigenvalue weighted by atomic mass is 16.5. The monoisotopic (exact) mass is 223 g/mol. The minimum absolute atomic E-state index is 0.558. The molecule has 0 atom stereocenters. The van der Waals surface area contributed by atoms with Crippen LogP contribution in [0.3, 0.4) is 0 Å². The highest BCUT2D eigenvalue weighted by molar-refractivity contribution is 4.94. The molecule has 3 saturated carbocycles. The molecular weight excluding hydrogens is 198 g/mol. The van der Waals surface area contributed by atoms with Gasteiger partial charge in [-0.25, -0.2) is 0 Å². The molecule has 1 N–H and O–H groups in total. The molecule has 16 heavy (non-hydrogen) atoms. The lowest BCUT2D eigenvalue weighted by molar-refractivity contribution is -0.0109. The van der Waals surface area contributed by atoms with Gasteiger partial charge in [-0.1, -0.05) is 0 Å². The molecule has 0 aromatic heterocycles. The molecule has 0 heterocycles. The third-order valence-electron chi connectivity index (χ3n) is 4.59. The summed E-state index contributed by atoms with van der Waals surface area (Å²) in [6, 6.07) is 0.761. The summed E-state index contributed by atoms with van der Waals surface area (Å²) in [6.45, 7) is 4.26. The van der Waals surface area contributed by atoms with E-state index >= 15 is 0 Å². The molecule has 2 nitrogen and oxygen atoms in total. The first-order chi connectivity index (χ1) is 7.86. The number of ether oxygens (including phenoxy) is 1. The topological polar surface area (TPSA) is 21.3 Å². The van der Waals surface area contributed by atoms with Crippen molar-refractivity contribution in [2.75, 3.05) is 13.2 Å². The molecule has 92 valence electrons. The maximum Gasteiger partial charge on any atom is 0.0604 e. The van der Waals surface area contributed by atoms with Gasteiger partial charge in [0.25, 0.3) is 0 Å². The minimum Gasteiger partial charge on any atom is -0.378 e. The molecule has 3 aliphatic carbocycles. The summed E-state index contributed by atoms with van der Waals surface area (Å²) in [6.07, 6.45) is 9.09. The third-order valence-corrected chi connectivity index (χ3v) is 4.59. The van der Waals surface area contributed by atoms with Crippen LogP contribution >= 0.6 is 0 Å². The predicted molar refractivity (Wildman–Crippen MR) is 65.4 cm³/mol. The summed E-state index contributed by atoms with van der Waals surface area (Å²) < 4.78 is 5.59. The molecule has 0 radical (unpaired) electrons. The van der Waals surface area contributed by atoms with Gasteiger partial charge in [-0.05, 0) is 69.7 Å². The van der Waals surface area contributed by atoms with Gasteiger partial charge in [0, 0.05) is 12.6 Å². The lowest BCUT2D eigenvalue weighted by atomic mass is 9.88. The Morgan fingerprint density at radius 1 is 1.12 bits per heavy atom. The molecule has 0 spiro atoms. The van der Waals surface area contributed by atoms with Gasteiger partial charge in [-0.15, -0.1) is 0 Å². The van der Waals surface area contributed by atoms with E-state index in [9.17, 15) is 0 Å². The summed E-state index contributed by atoms with van der Waals surface area (Å²) in [5.74, 6) is 3.19. The Morgan fingerprint density at radius 2 is 1.75 bits per heavy atom. The van der Waals surface area contributed by atoms with Crippen LogP contribution in [0, 0.1) is 17.8 Å². The van der Waals surface area contributed by atoms with Crippen LogP contribution in [-0.4, -0.2) is 25.3 Å². The first-order valence-electron chi connectivity index (χ1n) is 7.21. The molecule has 0 unspecified atom stereocenters. The van der Waals surface area contributed by atoms with E-state index in [1.165, 1.54) is 45.1 Å². The zero-order valence-electron chi connectivity index (χ0n) is 10.5. The van der Waals surface area contributed by atoms with Crippen molar-refractivity contribution in [3.05, 3.63) is 0 Å². The smallest absolute Gasteiger partial charge is 0.0604 e. The molecule has 0 aliphatic heterocycles. The maximum atomic E-state index is 5.59. The van der Waals surface area contributed by atoms with Gasteiger partial charge >= 0.3 is 0 Å². The highest BCUT2D eigenvalue weighted by Gasteiger charge is 2.41. The summed E-state index contributed by atoms with van der Waals surface area (Å²) in [5, 5.41) is 3.77. The standard InChI is InChI=1S/C14H25NO/c1-2-16-13-7-12(8-13)15-9-14(10-3-4-10)11-5-6-11/h10-15H,2-9H2,1H3. The van der Waals surface area contributed by atoms with E-state index < -0.39 is 0 Å². The number of hydrogen-bond acceptors (Lipinski definition) is 2. The fourth-order valence-electron chi connectivity index (χ4n) is 3.17. The van der Waals surface area contributed by atoms with E-state index in [1.807, 2.05) is 0 Å². The van der Waals surface area contributed by atoms with Crippen LogP contribution in [0.5, 0.6) is 0 Å². The molecule has 0 bridgehead atoms. The normalized spacial score (nSPS) is 34.1. The Labute approximate surface area is 99.1 Å². The Balaban J connectivity index is 1.33. The van der Waals surface area contributed by atoms with E-state index in [4.69, 9.17) is 4.74 Å². The predicted octanol–water partition coefficient (Wildman–Crippen LogP) is 2.58. The van der Waals surface area contributed by atoms with Crippen LogP contribution in [0.1, 0.15) is 45.4 Å². The summed E-state index contributed by atoms with van der Waals surface area (Å²) >= 11 is 0. The third kappa shape index (κ3) is 2.60. The average Bonchev–Trinajstić information content (AvgIpc) is 3.07. The average molecular weight is 223 g/mol. The zero-order valence-corrected chi connectivity index (χ0v) is 10.5. The van der Waals surface area contributed by atoms with Crippen molar-refractivity contribution in [1.29, 1.82) is 0 Å². The molecule has 0 aromatic rings. The molecule has 3 rings (SSSR count). The first kappa shape index (κ1) is 11.0. The highest BCUT2D eigenvalue weighted by Crippen LogP contribution is 2.49. The summed E-state index contributed by atoms with van der Waals surface area (Å²) in [4.78, 5) is 0. The van der Waals surface area contributed by atoms with Gasteiger partial charge in [0.05, 0.1) is 6.10 Å². The van der Waals surface area contributed by atoms with Crippen molar-refractivity contribution in [1.82, 2.24) is 5.32 Å². The van der Waals surface area contributed by atoms with E-state index in [1.54, 1.807) is 0 Å². The van der Waals surface area contributed by atoms with Crippen molar-refractivity contribution in [2.24, 2.45) is 17.8 Å². The van der Waals surface area contributed by atoms with Crippen LogP contribution in [0.2, 0.25) is 0 Å². The second-order valence-corrected chi connectivity index (χ2v) is 5.99. The van der Waals surface area contributed by atoms with E-state index in [0.717, 1.165) is 30.4 Å². The number of nitrogens with one attached hydrogen (secondary N) is 1. The fraction of sp³-hybridized carbons (Fsp3) is 1.00. The largest absolute Gasteiger partial charge is 0.378 e. The second-order valence-electron chi connectivity index (χ2n) is 5.99. The Kier molecular flexibility index (Phi) is 3.21. The van der Waals surface area contributed by atoms with E-state index in [-0.39, 0.29) is 0 Å². The molecule has 0 amide bonds. The van der Waals surface area contributed by atoms with Gasteiger partial charge < -0.3 is 10.1 Å². The molecular formula is C14H25NO. The fourth-order valence-corrected chi connectivity index (χ4v) is 3.17. The molecule has 3 fully saturated rings. The minimum atomic E-state index is 0.558. The van der Waals surface area contributed by atoms with E-state index in [0.29, 0.717) is 6.10 Å². The van der Waals surface area contributed by atoms with Crippen molar-refractivity contribution >= 4 is 0 Å². The summed E-state index contributed by atoms with van der Waals surface area (Å²) in [7, 11) is 0. The van der Waals surface area contributed by atoms with Crippen molar-refractivity contribution in [3.8, 4) is 0 Å². The van der Waals surface area contributed by atoms with Crippen LogP contribution in [-0.2, 0) is 4.74 Å². The van der Waals surface area contributed by atoms with Crippen molar-refractivity contribution in [2.45, 2.75) is 57.6 Å². The SMILES string of the molecule is CCOC1CC(NCC(C2CC2)C2CC2)C1. The Bertz CT molecular complexity index is 217. The Morgan fingerprint density at radius 3 is 2.25 bits per heavy atom. The van der Waals surface area contributed by atoms with Crippen molar-refractivity contribution in [3.63, 3.8) is 0 Å². The first-order valence-corrected chi connectivity index (χ1v) is 7.21. The lowest BCUT2D eigenvalue weighted by Crippen LogP contribution is -2.47. The van der Waals surface area contributed by atoms with Crippen LogP contribution < -0.4 is 5.32 Å². The van der Waals surface area contributed by atoms with Gasteiger partial charge in [-0.2, -0.15) is 0 Å².